The van der Waals surface area contributed by atoms with E-state index < -0.39 is 0 Å². The number of rotatable bonds is 6. The van der Waals surface area contributed by atoms with Gasteiger partial charge in [0.25, 0.3) is 0 Å². The second kappa shape index (κ2) is 5.67. The molecule has 1 saturated carbocycles. The molecule has 0 aromatic heterocycles. The number of unbranched alkanes of at least 4 members (excludes halogenated alkanes) is 1. The van der Waals surface area contributed by atoms with E-state index in [1.165, 1.54) is 44.9 Å². The Kier molecular flexibility index (Phi) is 4.83. The summed E-state index contributed by atoms with van der Waals surface area (Å²) in [5, 5.41) is 0. The summed E-state index contributed by atoms with van der Waals surface area (Å²) in [6.45, 7) is 7.10. The molecule has 1 fully saturated rings. The maximum absolute atomic E-state index is 2.45. The summed E-state index contributed by atoms with van der Waals surface area (Å²) >= 11 is 0. The van der Waals surface area contributed by atoms with Crippen molar-refractivity contribution in [2.24, 2.45) is 17.8 Å². The predicted octanol–water partition coefficient (Wildman–Crippen LogP) is 4.64. The Morgan fingerprint density at radius 1 is 1.15 bits per heavy atom. The fourth-order valence-corrected chi connectivity index (χ4v) is 2.67. The van der Waals surface area contributed by atoms with E-state index in [1.807, 2.05) is 0 Å². The van der Waals surface area contributed by atoms with Crippen molar-refractivity contribution in [3.8, 4) is 0 Å². The summed E-state index contributed by atoms with van der Waals surface area (Å²) in [6.07, 6.45) is 10.2. The average Bonchev–Trinajstić information content (AvgIpc) is 2.10. The van der Waals surface area contributed by atoms with E-state index in [1.54, 1.807) is 0 Å². The molecule has 1 aliphatic carbocycles. The summed E-state index contributed by atoms with van der Waals surface area (Å²) in [5.74, 6) is 3.17. The van der Waals surface area contributed by atoms with Crippen LogP contribution in [0.25, 0.3) is 0 Å². The lowest BCUT2D eigenvalue weighted by atomic mass is 9.68. The van der Waals surface area contributed by atoms with Gasteiger partial charge in [-0.25, -0.2) is 0 Å². The molecule has 1 rings (SSSR count). The van der Waals surface area contributed by atoms with E-state index in [-0.39, 0.29) is 0 Å². The van der Waals surface area contributed by atoms with Crippen molar-refractivity contribution < 1.29 is 0 Å². The lowest BCUT2D eigenvalue weighted by Crippen LogP contribution is -2.26. The molecule has 0 heterocycles. The molecule has 0 amide bonds. The minimum Gasteiger partial charge on any atom is -0.0654 e. The van der Waals surface area contributed by atoms with Crippen LogP contribution in [-0.4, -0.2) is 0 Å². The molecule has 1 aliphatic rings. The molecule has 0 radical (unpaired) electrons. The highest BCUT2D eigenvalue weighted by Gasteiger charge is 2.29. The van der Waals surface area contributed by atoms with Gasteiger partial charge in [0.1, 0.15) is 0 Å². The topological polar surface area (TPSA) is 0 Å². The highest BCUT2D eigenvalue weighted by Crippen LogP contribution is 2.41. The Balaban J connectivity index is 2.09. The molecule has 3 atom stereocenters. The van der Waals surface area contributed by atoms with Gasteiger partial charge in [-0.1, -0.05) is 46.5 Å². The van der Waals surface area contributed by atoms with Crippen LogP contribution in [0.3, 0.4) is 0 Å². The minimum atomic E-state index is 0.985. The van der Waals surface area contributed by atoms with Gasteiger partial charge in [0, 0.05) is 0 Å². The maximum atomic E-state index is 2.45. The van der Waals surface area contributed by atoms with Gasteiger partial charge in [-0.3, -0.25) is 0 Å². The van der Waals surface area contributed by atoms with Crippen molar-refractivity contribution in [3.05, 3.63) is 0 Å². The van der Waals surface area contributed by atoms with Crippen LogP contribution in [-0.2, 0) is 0 Å². The molecule has 0 saturated heterocycles. The standard InChI is InChI=1S/C13H26/c1-4-6-7-11(3)10-13-9-8-12(13)5-2/h11-13H,4-10H2,1-3H3. The van der Waals surface area contributed by atoms with Crippen molar-refractivity contribution in [2.45, 2.75) is 65.7 Å². The van der Waals surface area contributed by atoms with Gasteiger partial charge in [-0.15, -0.1) is 0 Å². The molecular weight excluding hydrogens is 156 g/mol. The fourth-order valence-electron chi connectivity index (χ4n) is 2.67. The minimum absolute atomic E-state index is 0.985. The Labute approximate surface area is 84.1 Å². The van der Waals surface area contributed by atoms with Crippen molar-refractivity contribution in [1.82, 2.24) is 0 Å². The van der Waals surface area contributed by atoms with Crippen LogP contribution < -0.4 is 0 Å². The second-order valence-corrected chi connectivity index (χ2v) is 4.99. The second-order valence-electron chi connectivity index (χ2n) is 4.99. The van der Waals surface area contributed by atoms with E-state index in [4.69, 9.17) is 0 Å². The molecule has 13 heavy (non-hydrogen) atoms. The van der Waals surface area contributed by atoms with Gasteiger partial charge in [0.15, 0.2) is 0 Å². The summed E-state index contributed by atoms with van der Waals surface area (Å²) in [4.78, 5) is 0. The highest BCUT2D eigenvalue weighted by molar-refractivity contribution is 4.80. The Bertz CT molecular complexity index is 126. The van der Waals surface area contributed by atoms with Crippen molar-refractivity contribution in [3.63, 3.8) is 0 Å². The average molecular weight is 182 g/mol. The van der Waals surface area contributed by atoms with Crippen LogP contribution in [0.5, 0.6) is 0 Å². The third kappa shape index (κ3) is 3.32. The van der Waals surface area contributed by atoms with Crippen LogP contribution in [0, 0.1) is 17.8 Å². The third-order valence-corrected chi connectivity index (χ3v) is 3.85. The molecular formula is C13H26. The molecule has 0 aromatic rings. The number of hydrogen-bond acceptors (Lipinski definition) is 0. The third-order valence-electron chi connectivity index (χ3n) is 3.85. The summed E-state index contributed by atoms with van der Waals surface area (Å²) in [7, 11) is 0. The van der Waals surface area contributed by atoms with Crippen molar-refractivity contribution in [2.75, 3.05) is 0 Å². The lowest BCUT2D eigenvalue weighted by molar-refractivity contribution is 0.136. The smallest absolute Gasteiger partial charge is 0.0383 e. The monoisotopic (exact) mass is 182 g/mol. The van der Waals surface area contributed by atoms with E-state index in [0.717, 1.165) is 17.8 Å². The van der Waals surface area contributed by atoms with E-state index >= 15 is 0 Å². The molecule has 78 valence electrons. The zero-order chi connectivity index (χ0) is 9.68. The summed E-state index contributed by atoms with van der Waals surface area (Å²) in [6, 6.07) is 0. The van der Waals surface area contributed by atoms with Crippen LogP contribution in [0.4, 0.5) is 0 Å². The Hall–Kier alpha value is 0. The predicted molar refractivity (Wildman–Crippen MR) is 59.8 cm³/mol. The first-order valence-electron chi connectivity index (χ1n) is 6.27. The normalized spacial score (nSPS) is 29.8. The zero-order valence-electron chi connectivity index (χ0n) is 9.68. The van der Waals surface area contributed by atoms with Gasteiger partial charge in [0.2, 0.25) is 0 Å². The van der Waals surface area contributed by atoms with Crippen molar-refractivity contribution in [1.29, 1.82) is 0 Å². The molecule has 0 nitrogen and oxygen atoms in total. The van der Waals surface area contributed by atoms with Gasteiger partial charge in [0.05, 0.1) is 0 Å². The van der Waals surface area contributed by atoms with E-state index in [0.29, 0.717) is 0 Å². The quantitative estimate of drug-likeness (QED) is 0.561. The first-order chi connectivity index (χ1) is 6.27. The Morgan fingerprint density at radius 3 is 2.31 bits per heavy atom. The van der Waals surface area contributed by atoms with Crippen LogP contribution in [0.1, 0.15) is 65.7 Å². The zero-order valence-corrected chi connectivity index (χ0v) is 9.68. The largest absolute Gasteiger partial charge is 0.0654 e. The van der Waals surface area contributed by atoms with Crippen LogP contribution in [0.2, 0.25) is 0 Å². The summed E-state index contributed by atoms with van der Waals surface area (Å²) < 4.78 is 0. The van der Waals surface area contributed by atoms with Crippen LogP contribution >= 0.6 is 0 Å². The summed E-state index contributed by atoms with van der Waals surface area (Å²) in [5.41, 5.74) is 0. The Morgan fingerprint density at radius 2 is 1.85 bits per heavy atom. The van der Waals surface area contributed by atoms with E-state index in [9.17, 15) is 0 Å². The molecule has 0 aliphatic heterocycles. The van der Waals surface area contributed by atoms with Gasteiger partial charge in [-0.05, 0) is 37.0 Å². The van der Waals surface area contributed by atoms with Crippen molar-refractivity contribution >= 4 is 0 Å². The molecule has 0 spiro atoms. The molecule has 0 N–H and O–H groups in total. The van der Waals surface area contributed by atoms with E-state index in [2.05, 4.69) is 20.8 Å². The number of hydrogen-bond donors (Lipinski definition) is 0. The van der Waals surface area contributed by atoms with Crippen LogP contribution in [0.15, 0.2) is 0 Å². The first-order valence-corrected chi connectivity index (χ1v) is 6.27. The van der Waals surface area contributed by atoms with Gasteiger partial charge < -0.3 is 0 Å². The van der Waals surface area contributed by atoms with Gasteiger partial charge >= 0.3 is 0 Å². The highest BCUT2D eigenvalue weighted by atomic mass is 14.3. The SMILES string of the molecule is CCCCC(C)CC1CCC1CC. The molecule has 0 aromatic carbocycles. The molecule has 0 bridgehead atoms. The molecule has 0 heteroatoms. The lowest BCUT2D eigenvalue weighted by Gasteiger charge is -2.37. The van der Waals surface area contributed by atoms with Gasteiger partial charge in [-0.2, -0.15) is 0 Å². The fraction of sp³-hybridized carbons (Fsp3) is 1.00. The maximum Gasteiger partial charge on any atom is -0.0383 e. The first kappa shape index (κ1) is 11.1. The molecule has 3 unspecified atom stereocenters.